The average Bonchev–Trinajstić information content (AvgIpc) is 3.10. The summed E-state index contributed by atoms with van der Waals surface area (Å²) in [5.41, 5.74) is 2.00. The number of nitrogens with one attached hydrogen (secondary N) is 1. The summed E-state index contributed by atoms with van der Waals surface area (Å²) in [6, 6.07) is 14.7. The molecule has 0 unspecified atom stereocenters. The summed E-state index contributed by atoms with van der Waals surface area (Å²) in [6.45, 7) is 0.559. The molecule has 0 fully saturated rings. The molecule has 0 saturated carbocycles. The fourth-order valence-electron chi connectivity index (χ4n) is 2.74. The quantitative estimate of drug-likeness (QED) is 0.602. The number of rotatable bonds is 7. The predicted octanol–water partition coefficient (Wildman–Crippen LogP) is 3.52. The highest BCUT2D eigenvalue weighted by atomic mass is 32.2. The summed E-state index contributed by atoms with van der Waals surface area (Å²) >= 11 is 1.71. The van der Waals surface area contributed by atoms with Crippen molar-refractivity contribution in [2.24, 2.45) is 0 Å². The zero-order valence-electron chi connectivity index (χ0n) is 15.8. The first-order valence-electron chi connectivity index (χ1n) is 8.81. The van der Waals surface area contributed by atoms with Crippen molar-refractivity contribution in [2.45, 2.75) is 11.3 Å². The van der Waals surface area contributed by atoms with Gasteiger partial charge in [0.15, 0.2) is 0 Å². The summed E-state index contributed by atoms with van der Waals surface area (Å²) in [5, 5.41) is 6.26. The van der Waals surface area contributed by atoms with Gasteiger partial charge in [0.25, 0.3) is 0 Å². The molecule has 3 aromatic rings. The maximum absolute atomic E-state index is 12.1. The van der Waals surface area contributed by atoms with Crippen LogP contribution in [-0.4, -0.2) is 39.3 Å². The molecular formula is C21H22N2O3S2. The third-order valence-corrected chi connectivity index (χ3v) is 7.18. The molecule has 5 nitrogen and oxygen atoms in total. The number of sulfonamides is 1. The second-order valence-corrected chi connectivity index (χ2v) is 9.55. The lowest BCUT2D eigenvalue weighted by atomic mass is 10.1. The maximum atomic E-state index is 12.1. The maximum Gasteiger partial charge on any atom is 0.244 e. The number of amides is 1. The van der Waals surface area contributed by atoms with E-state index in [2.05, 4.69) is 22.8 Å². The Hall–Kier alpha value is -2.48. The first-order valence-corrected chi connectivity index (χ1v) is 11.1. The van der Waals surface area contributed by atoms with Crippen LogP contribution in [0.1, 0.15) is 11.1 Å². The van der Waals surface area contributed by atoms with E-state index in [0.29, 0.717) is 6.54 Å². The van der Waals surface area contributed by atoms with Gasteiger partial charge in [0.2, 0.25) is 15.9 Å². The first-order chi connectivity index (χ1) is 13.4. The summed E-state index contributed by atoms with van der Waals surface area (Å²) in [7, 11) is -0.459. The summed E-state index contributed by atoms with van der Waals surface area (Å²) in [4.78, 5) is 12.3. The van der Waals surface area contributed by atoms with Gasteiger partial charge in [-0.2, -0.15) is 0 Å². The zero-order chi connectivity index (χ0) is 20.1. The third kappa shape index (κ3) is 4.67. The van der Waals surface area contributed by atoms with Gasteiger partial charge in [-0.1, -0.05) is 30.3 Å². The molecule has 1 heterocycles. The molecule has 0 aliphatic heterocycles. The molecule has 2 aromatic carbocycles. The Balaban J connectivity index is 1.54. The second-order valence-electron chi connectivity index (χ2n) is 6.49. The monoisotopic (exact) mass is 414 g/mol. The standard InChI is InChI=1S/C21H22N2O3S2/c1-23(2)28(25,26)18-10-7-16(8-11-18)9-12-21(24)22-14-13-17-15-27-20-6-4-3-5-19(17)20/h3-12,15H,13-14H2,1-2H3,(H,22,24)/b12-9+. The number of fused-ring (bicyclic) bond motifs is 1. The van der Waals surface area contributed by atoms with Crippen LogP contribution in [0.15, 0.2) is 64.9 Å². The number of carbonyl (C=O) groups is 1. The van der Waals surface area contributed by atoms with Crippen LogP contribution in [-0.2, 0) is 21.2 Å². The van der Waals surface area contributed by atoms with Crippen molar-refractivity contribution in [1.29, 1.82) is 0 Å². The zero-order valence-corrected chi connectivity index (χ0v) is 17.4. The van der Waals surface area contributed by atoms with Gasteiger partial charge < -0.3 is 5.32 Å². The fourth-order valence-corrected chi connectivity index (χ4v) is 4.64. The van der Waals surface area contributed by atoms with Crippen LogP contribution in [0.3, 0.4) is 0 Å². The lowest BCUT2D eigenvalue weighted by Crippen LogP contribution is -2.23. The van der Waals surface area contributed by atoms with Gasteiger partial charge in [0.1, 0.15) is 0 Å². The minimum atomic E-state index is -3.44. The van der Waals surface area contributed by atoms with Crippen LogP contribution in [0.4, 0.5) is 0 Å². The molecule has 0 spiro atoms. The lowest BCUT2D eigenvalue weighted by molar-refractivity contribution is -0.116. The topological polar surface area (TPSA) is 66.5 Å². The summed E-state index contributed by atoms with van der Waals surface area (Å²) in [6.07, 6.45) is 3.91. The SMILES string of the molecule is CN(C)S(=O)(=O)c1ccc(/C=C/C(=O)NCCc2csc3ccccc23)cc1. The molecule has 1 N–H and O–H groups in total. The van der Waals surface area contributed by atoms with Crippen LogP contribution in [0.5, 0.6) is 0 Å². The Morgan fingerprint density at radius 1 is 1.11 bits per heavy atom. The van der Waals surface area contributed by atoms with Crippen LogP contribution >= 0.6 is 11.3 Å². The minimum Gasteiger partial charge on any atom is -0.352 e. The van der Waals surface area contributed by atoms with Crippen molar-refractivity contribution in [2.75, 3.05) is 20.6 Å². The Labute approximate surface area is 169 Å². The Bertz CT molecular complexity index is 1100. The predicted molar refractivity (Wildman–Crippen MR) is 115 cm³/mol. The Morgan fingerprint density at radius 2 is 1.82 bits per heavy atom. The van der Waals surface area contributed by atoms with Crippen molar-refractivity contribution in [3.8, 4) is 0 Å². The van der Waals surface area contributed by atoms with E-state index >= 15 is 0 Å². The van der Waals surface area contributed by atoms with Gasteiger partial charge >= 0.3 is 0 Å². The molecule has 1 aromatic heterocycles. The van der Waals surface area contributed by atoms with Crippen LogP contribution in [0, 0.1) is 0 Å². The highest BCUT2D eigenvalue weighted by Gasteiger charge is 2.16. The highest BCUT2D eigenvalue weighted by molar-refractivity contribution is 7.89. The number of hydrogen-bond acceptors (Lipinski definition) is 4. The number of thiophene rings is 1. The molecule has 146 valence electrons. The number of carbonyl (C=O) groups excluding carboxylic acids is 1. The Morgan fingerprint density at radius 3 is 2.54 bits per heavy atom. The van der Waals surface area contributed by atoms with Gasteiger partial charge in [0, 0.05) is 31.4 Å². The molecule has 0 aliphatic carbocycles. The molecule has 0 atom stereocenters. The van der Waals surface area contributed by atoms with Gasteiger partial charge in [-0.25, -0.2) is 12.7 Å². The van der Waals surface area contributed by atoms with E-state index in [1.54, 1.807) is 29.5 Å². The molecule has 7 heteroatoms. The van der Waals surface area contributed by atoms with Crippen molar-refractivity contribution in [3.63, 3.8) is 0 Å². The van der Waals surface area contributed by atoms with Gasteiger partial charge in [-0.05, 0) is 52.6 Å². The second kappa shape index (κ2) is 8.68. The summed E-state index contributed by atoms with van der Waals surface area (Å²) < 4.78 is 26.5. The van der Waals surface area contributed by atoms with Gasteiger partial charge in [-0.15, -0.1) is 11.3 Å². The van der Waals surface area contributed by atoms with Gasteiger partial charge in [0.05, 0.1) is 4.90 Å². The molecule has 1 amide bonds. The molecule has 3 rings (SSSR count). The molecule has 0 aliphatic rings. The number of nitrogens with zero attached hydrogens (tertiary/aromatic N) is 1. The highest BCUT2D eigenvalue weighted by Crippen LogP contribution is 2.25. The number of hydrogen-bond donors (Lipinski definition) is 1. The molecule has 0 bridgehead atoms. The van der Waals surface area contributed by atoms with Gasteiger partial charge in [-0.3, -0.25) is 4.79 Å². The lowest BCUT2D eigenvalue weighted by Gasteiger charge is -2.11. The van der Waals surface area contributed by atoms with E-state index < -0.39 is 10.0 Å². The van der Waals surface area contributed by atoms with E-state index in [0.717, 1.165) is 12.0 Å². The van der Waals surface area contributed by atoms with E-state index in [-0.39, 0.29) is 10.8 Å². The van der Waals surface area contributed by atoms with E-state index in [9.17, 15) is 13.2 Å². The van der Waals surface area contributed by atoms with E-state index in [1.807, 2.05) is 12.1 Å². The van der Waals surface area contributed by atoms with Crippen molar-refractivity contribution >= 4 is 43.4 Å². The third-order valence-electron chi connectivity index (χ3n) is 4.34. The van der Waals surface area contributed by atoms with Crippen LogP contribution in [0.2, 0.25) is 0 Å². The Kier molecular flexibility index (Phi) is 6.28. The van der Waals surface area contributed by atoms with E-state index in [4.69, 9.17) is 0 Å². The smallest absolute Gasteiger partial charge is 0.244 e. The molecule has 0 radical (unpaired) electrons. The normalized spacial score (nSPS) is 12.1. The first kappa shape index (κ1) is 20.3. The molecule has 28 heavy (non-hydrogen) atoms. The molecule has 0 saturated heterocycles. The van der Waals surface area contributed by atoms with Crippen molar-refractivity contribution < 1.29 is 13.2 Å². The van der Waals surface area contributed by atoms with Crippen LogP contribution < -0.4 is 5.32 Å². The molecular weight excluding hydrogens is 392 g/mol. The fraction of sp³-hybridized carbons (Fsp3) is 0.190. The van der Waals surface area contributed by atoms with E-state index in [1.165, 1.54) is 52.3 Å². The van der Waals surface area contributed by atoms with Crippen molar-refractivity contribution in [1.82, 2.24) is 9.62 Å². The average molecular weight is 415 g/mol. The van der Waals surface area contributed by atoms with Crippen molar-refractivity contribution in [3.05, 3.63) is 71.1 Å². The van der Waals surface area contributed by atoms with Crippen LogP contribution in [0.25, 0.3) is 16.2 Å². The number of benzene rings is 2. The minimum absolute atomic E-state index is 0.176. The summed E-state index contributed by atoms with van der Waals surface area (Å²) in [5.74, 6) is -0.176. The largest absolute Gasteiger partial charge is 0.352 e.